The fraction of sp³-hybridized carbons (Fsp3) is 0.240. The van der Waals surface area contributed by atoms with Gasteiger partial charge in [0.1, 0.15) is 12.4 Å². The van der Waals surface area contributed by atoms with Gasteiger partial charge in [0.15, 0.2) is 0 Å². The molecule has 1 amide bonds. The van der Waals surface area contributed by atoms with Crippen LogP contribution < -0.4 is 10.2 Å². The molecule has 0 unspecified atom stereocenters. The van der Waals surface area contributed by atoms with Crippen LogP contribution in [-0.2, 0) is 14.8 Å². The largest absolute Gasteiger partial charge is 0.492 e. The van der Waals surface area contributed by atoms with E-state index < -0.39 is 15.9 Å². The molecule has 3 aromatic carbocycles. The predicted octanol–water partition coefficient (Wildman–Crippen LogP) is 2.74. The summed E-state index contributed by atoms with van der Waals surface area (Å²) >= 11 is 0. The molecule has 1 aliphatic rings. The number of nitrogens with one attached hydrogen (secondary N) is 1. The van der Waals surface area contributed by atoms with Crippen molar-refractivity contribution < 1.29 is 23.2 Å². The number of piperazine rings is 1. The number of nitrogens with zero attached hydrogens (tertiary/aromatic N) is 2. The van der Waals surface area contributed by atoms with Gasteiger partial charge in [0.2, 0.25) is 10.0 Å². The van der Waals surface area contributed by atoms with E-state index in [0.29, 0.717) is 44.9 Å². The number of amides is 1. The number of benzene rings is 3. The van der Waals surface area contributed by atoms with Gasteiger partial charge < -0.3 is 4.74 Å². The van der Waals surface area contributed by atoms with Gasteiger partial charge in [-0.1, -0.05) is 48.5 Å². The molecule has 1 saturated heterocycles. The summed E-state index contributed by atoms with van der Waals surface area (Å²) in [4.78, 5) is 13.5. The highest BCUT2D eigenvalue weighted by molar-refractivity contribution is 7.89. The van der Waals surface area contributed by atoms with Gasteiger partial charge in [-0.25, -0.2) is 13.9 Å². The number of sulfonamides is 1. The van der Waals surface area contributed by atoms with E-state index in [9.17, 15) is 13.2 Å². The Labute approximate surface area is 199 Å². The number of rotatable bonds is 8. The maximum atomic E-state index is 13.1. The van der Waals surface area contributed by atoms with Gasteiger partial charge >= 0.3 is 0 Å². The Morgan fingerprint density at radius 2 is 1.74 bits per heavy atom. The Balaban J connectivity index is 1.31. The van der Waals surface area contributed by atoms with E-state index in [-0.39, 0.29) is 4.90 Å². The van der Waals surface area contributed by atoms with Crippen molar-refractivity contribution in [3.05, 3.63) is 78.4 Å². The third-order valence-corrected chi connectivity index (χ3v) is 7.67. The molecule has 0 spiro atoms. The second-order valence-corrected chi connectivity index (χ2v) is 9.89. The SMILES string of the molecule is O=C(/C=C/c1cccc(S(=O)(=O)N2CCN(CCOc3cccc4ccccc34)CC2)c1)NO. The molecule has 178 valence electrons. The highest BCUT2D eigenvalue weighted by Gasteiger charge is 2.28. The third kappa shape index (κ3) is 5.63. The van der Waals surface area contributed by atoms with Gasteiger partial charge in [0, 0.05) is 44.2 Å². The molecule has 1 fully saturated rings. The fourth-order valence-electron chi connectivity index (χ4n) is 3.94. The molecule has 1 aliphatic heterocycles. The first-order valence-corrected chi connectivity index (χ1v) is 12.5. The van der Waals surface area contributed by atoms with E-state index in [1.165, 1.54) is 21.9 Å². The maximum Gasteiger partial charge on any atom is 0.267 e. The van der Waals surface area contributed by atoms with E-state index in [1.54, 1.807) is 18.2 Å². The van der Waals surface area contributed by atoms with Crippen molar-refractivity contribution in [3.8, 4) is 5.75 Å². The normalized spacial score (nSPS) is 15.6. The molecule has 2 N–H and O–H groups in total. The van der Waals surface area contributed by atoms with Crippen LogP contribution in [0.2, 0.25) is 0 Å². The monoisotopic (exact) mass is 481 g/mol. The van der Waals surface area contributed by atoms with Crippen LogP contribution in [0.15, 0.2) is 77.7 Å². The van der Waals surface area contributed by atoms with Crippen LogP contribution in [0.3, 0.4) is 0 Å². The van der Waals surface area contributed by atoms with Crippen LogP contribution in [-0.4, -0.2) is 68.1 Å². The van der Waals surface area contributed by atoms with Crippen LogP contribution in [0.5, 0.6) is 5.75 Å². The van der Waals surface area contributed by atoms with Crippen LogP contribution in [0.1, 0.15) is 5.56 Å². The molecule has 0 bridgehead atoms. The van der Waals surface area contributed by atoms with Gasteiger partial charge in [0.25, 0.3) is 5.91 Å². The van der Waals surface area contributed by atoms with Crippen LogP contribution in [0, 0.1) is 0 Å². The topological polar surface area (TPSA) is 99.2 Å². The van der Waals surface area contributed by atoms with Crippen molar-refractivity contribution >= 4 is 32.8 Å². The maximum absolute atomic E-state index is 13.1. The first-order chi connectivity index (χ1) is 16.5. The number of hydroxylamine groups is 1. The summed E-state index contributed by atoms with van der Waals surface area (Å²) in [5.74, 6) is 0.165. The number of ether oxygens (including phenoxy) is 1. The standard InChI is InChI=1S/C25H27N3O5S/c29-25(26-30)12-11-20-5-3-8-22(19-20)34(31,32)28-15-13-27(14-16-28)17-18-33-24-10-4-7-21-6-1-2-9-23(21)24/h1-12,19,30H,13-18H2,(H,26,29)/b12-11+. The Morgan fingerprint density at radius 1 is 1.00 bits per heavy atom. The second-order valence-electron chi connectivity index (χ2n) is 7.95. The number of fused-ring (bicyclic) bond motifs is 1. The second kappa shape index (κ2) is 10.8. The lowest BCUT2D eigenvalue weighted by atomic mass is 10.1. The highest BCUT2D eigenvalue weighted by Crippen LogP contribution is 2.25. The van der Waals surface area contributed by atoms with Crippen LogP contribution in [0.4, 0.5) is 0 Å². The molecule has 0 atom stereocenters. The molecular formula is C25H27N3O5S. The lowest BCUT2D eigenvalue weighted by Gasteiger charge is -2.33. The zero-order chi connectivity index (χ0) is 24.0. The molecule has 0 saturated carbocycles. The summed E-state index contributed by atoms with van der Waals surface area (Å²) in [5.41, 5.74) is 2.05. The molecule has 0 aliphatic carbocycles. The average Bonchev–Trinajstić information content (AvgIpc) is 2.88. The smallest absolute Gasteiger partial charge is 0.267 e. The predicted molar refractivity (Wildman–Crippen MR) is 130 cm³/mol. The van der Waals surface area contributed by atoms with E-state index in [2.05, 4.69) is 17.0 Å². The number of hydrogen-bond donors (Lipinski definition) is 2. The highest BCUT2D eigenvalue weighted by atomic mass is 32.2. The van der Waals surface area contributed by atoms with Gasteiger partial charge in [-0.2, -0.15) is 4.31 Å². The molecule has 34 heavy (non-hydrogen) atoms. The molecule has 9 heteroatoms. The lowest BCUT2D eigenvalue weighted by molar-refractivity contribution is -0.124. The van der Waals surface area contributed by atoms with Crippen molar-refractivity contribution in [1.82, 2.24) is 14.7 Å². The molecule has 3 aromatic rings. The Bertz CT molecular complexity index is 1280. The first kappa shape index (κ1) is 23.9. The summed E-state index contributed by atoms with van der Waals surface area (Å²) in [6, 6.07) is 20.5. The minimum atomic E-state index is -3.65. The van der Waals surface area contributed by atoms with Crippen molar-refractivity contribution in [2.75, 3.05) is 39.3 Å². The summed E-state index contributed by atoms with van der Waals surface area (Å²) in [5, 5.41) is 10.8. The van der Waals surface area contributed by atoms with Gasteiger partial charge in [-0.3, -0.25) is 14.9 Å². The third-order valence-electron chi connectivity index (χ3n) is 5.78. The summed E-state index contributed by atoms with van der Waals surface area (Å²) in [7, 11) is -3.65. The van der Waals surface area contributed by atoms with E-state index in [0.717, 1.165) is 22.6 Å². The van der Waals surface area contributed by atoms with Crippen LogP contribution in [0.25, 0.3) is 16.8 Å². The van der Waals surface area contributed by atoms with Gasteiger partial charge in [-0.05, 0) is 35.2 Å². The van der Waals surface area contributed by atoms with Gasteiger partial charge in [-0.15, -0.1) is 0 Å². The average molecular weight is 482 g/mol. The first-order valence-electron chi connectivity index (χ1n) is 11.0. The molecule has 4 rings (SSSR count). The van der Waals surface area contributed by atoms with Crippen molar-refractivity contribution in [1.29, 1.82) is 0 Å². The zero-order valence-electron chi connectivity index (χ0n) is 18.6. The summed E-state index contributed by atoms with van der Waals surface area (Å²) in [6.45, 7) is 3.26. The molecule has 1 heterocycles. The molecular weight excluding hydrogens is 454 g/mol. The molecule has 0 radical (unpaired) electrons. The Kier molecular flexibility index (Phi) is 7.59. The minimum Gasteiger partial charge on any atom is -0.492 e. The van der Waals surface area contributed by atoms with E-state index in [1.807, 2.05) is 30.3 Å². The van der Waals surface area contributed by atoms with Crippen LogP contribution >= 0.6 is 0 Å². The van der Waals surface area contributed by atoms with Crippen molar-refractivity contribution in [2.24, 2.45) is 0 Å². The van der Waals surface area contributed by atoms with Crippen molar-refractivity contribution in [3.63, 3.8) is 0 Å². The van der Waals surface area contributed by atoms with Gasteiger partial charge in [0.05, 0.1) is 4.90 Å². The quantitative estimate of drug-likeness (QED) is 0.292. The Morgan fingerprint density at radius 3 is 2.53 bits per heavy atom. The summed E-state index contributed by atoms with van der Waals surface area (Å²) in [6.07, 6.45) is 2.57. The fourth-order valence-corrected chi connectivity index (χ4v) is 5.41. The molecule has 8 nitrogen and oxygen atoms in total. The molecule has 0 aromatic heterocycles. The summed E-state index contributed by atoms with van der Waals surface area (Å²) < 4.78 is 33.7. The number of carbonyl (C=O) groups excluding carboxylic acids is 1. The van der Waals surface area contributed by atoms with E-state index in [4.69, 9.17) is 9.94 Å². The Hall–Kier alpha value is -3.24. The minimum absolute atomic E-state index is 0.173. The number of hydrogen-bond acceptors (Lipinski definition) is 6. The zero-order valence-corrected chi connectivity index (χ0v) is 19.4. The van der Waals surface area contributed by atoms with E-state index >= 15 is 0 Å². The van der Waals surface area contributed by atoms with Crippen molar-refractivity contribution in [2.45, 2.75) is 4.90 Å². The number of carbonyl (C=O) groups is 1. The lowest BCUT2D eigenvalue weighted by Crippen LogP contribution is -2.49.